The Bertz CT molecular complexity index is 290. The van der Waals surface area contributed by atoms with Gasteiger partial charge in [0, 0.05) is 31.8 Å². The molecule has 1 N–H and O–H groups in total. The van der Waals surface area contributed by atoms with Crippen molar-refractivity contribution in [1.29, 1.82) is 0 Å². The third-order valence-corrected chi connectivity index (χ3v) is 5.07. The molecular formula is C18H38N2O. The summed E-state index contributed by atoms with van der Waals surface area (Å²) in [6.45, 7) is 14.6. The van der Waals surface area contributed by atoms with Gasteiger partial charge in [-0.15, -0.1) is 0 Å². The van der Waals surface area contributed by atoms with E-state index in [0.29, 0.717) is 11.5 Å². The summed E-state index contributed by atoms with van der Waals surface area (Å²) >= 11 is 0. The van der Waals surface area contributed by atoms with Crippen molar-refractivity contribution in [2.75, 3.05) is 33.9 Å². The van der Waals surface area contributed by atoms with E-state index in [2.05, 4.69) is 51.9 Å². The number of ether oxygens (including phenoxy) is 1. The van der Waals surface area contributed by atoms with Crippen molar-refractivity contribution in [2.24, 2.45) is 11.3 Å². The van der Waals surface area contributed by atoms with Crippen LogP contribution in [0.2, 0.25) is 0 Å². The molecule has 0 amide bonds. The van der Waals surface area contributed by atoms with Gasteiger partial charge in [-0.1, -0.05) is 19.8 Å². The molecular weight excluding hydrogens is 260 g/mol. The second kappa shape index (κ2) is 7.94. The van der Waals surface area contributed by atoms with Crippen molar-refractivity contribution in [2.45, 2.75) is 71.9 Å². The van der Waals surface area contributed by atoms with Crippen molar-refractivity contribution < 1.29 is 4.74 Å². The maximum absolute atomic E-state index is 5.32. The summed E-state index contributed by atoms with van der Waals surface area (Å²) in [6, 6.07) is 0.487. The predicted molar refractivity (Wildman–Crippen MR) is 91.8 cm³/mol. The molecule has 0 saturated heterocycles. The van der Waals surface area contributed by atoms with Crippen LogP contribution in [0.1, 0.15) is 60.3 Å². The van der Waals surface area contributed by atoms with Crippen LogP contribution in [0.3, 0.4) is 0 Å². The van der Waals surface area contributed by atoms with Gasteiger partial charge in [-0.2, -0.15) is 0 Å². The van der Waals surface area contributed by atoms with Gasteiger partial charge < -0.3 is 15.0 Å². The lowest BCUT2D eigenvalue weighted by molar-refractivity contribution is 0.0499. The standard InChI is InChI=1S/C18H38N2O/c1-15-8-10-18(11-9-15,13-19-17(3,4)5)14-20(6)16(2)12-21-7/h15-16,19H,8-14H2,1-7H3. The molecule has 0 heterocycles. The summed E-state index contributed by atoms with van der Waals surface area (Å²) in [7, 11) is 4.05. The SMILES string of the molecule is COCC(C)N(C)CC1(CNC(C)(C)C)CCC(C)CC1. The number of hydrogen-bond acceptors (Lipinski definition) is 3. The van der Waals surface area contributed by atoms with Crippen LogP contribution in [0.15, 0.2) is 0 Å². The number of hydrogen-bond donors (Lipinski definition) is 1. The molecule has 1 saturated carbocycles. The highest BCUT2D eigenvalue weighted by atomic mass is 16.5. The summed E-state index contributed by atoms with van der Waals surface area (Å²) < 4.78 is 5.32. The largest absolute Gasteiger partial charge is 0.383 e. The van der Waals surface area contributed by atoms with Crippen LogP contribution in [-0.4, -0.2) is 50.3 Å². The molecule has 0 aliphatic heterocycles. The Labute approximate surface area is 132 Å². The van der Waals surface area contributed by atoms with E-state index < -0.39 is 0 Å². The van der Waals surface area contributed by atoms with Crippen LogP contribution in [-0.2, 0) is 4.74 Å². The average molecular weight is 299 g/mol. The molecule has 1 aliphatic carbocycles. The molecule has 0 radical (unpaired) electrons. The van der Waals surface area contributed by atoms with Gasteiger partial charge in [0.1, 0.15) is 0 Å². The molecule has 0 aromatic heterocycles. The third-order valence-electron chi connectivity index (χ3n) is 5.07. The van der Waals surface area contributed by atoms with E-state index in [9.17, 15) is 0 Å². The smallest absolute Gasteiger partial charge is 0.0615 e. The first-order valence-electron chi connectivity index (χ1n) is 8.62. The fraction of sp³-hybridized carbons (Fsp3) is 1.00. The molecule has 126 valence electrons. The molecule has 1 atom stereocenters. The third kappa shape index (κ3) is 6.66. The summed E-state index contributed by atoms with van der Waals surface area (Å²) in [4.78, 5) is 2.49. The number of likely N-dealkylation sites (N-methyl/N-ethyl adjacent to an activating group) is 1. The van der Waals surface area contributed by atoms with Gasteiger partial charge in [-0.25, -0.2) is 0 Å². The molecule has 1 aliphatic rings. The van der Waals surface area contributed by atoms with E-state index in [0.717, 1.165) is 19.1 Å². The summed E-state index contributed by atoms with van der Waals surface area (Å²) in [5.74, 6) is 0.898. The van der Waals surface area contributed by atoms with Crippen LogP contribution in [0, 0.1) is 11.3 Å². The molecule has 0 bridgehead atoms. The highest BCUT2D eigenvalue weighted by molar-refractivity contribution is 4.91. The van der Waals surface area contributed by atoms with Crippen LogP contribution >= 0.6 is 0 Å². The second-order valence-corrected chi connectivity index (χ2v) is 8.51. The minimum absolute atomic E-state index is 0.201. The summed E-state index contributed by atoms with van der Waals surface area (Å²) in [5.41, 5.74) is 0.628. The first-order chi connectivity index (χ1) is 9.67. The summed E-state index contributed by atoms with van der Waals surface area (Å²) in [6.07, 6.45) is 5.44. The molecule has 1 fully saturated rings. The highest BCUT2D eigenvalue weighted by Crippen LogP contribution is 2.39. The molecule has 21 heavy (non-hydrogen) atoms. The first kappa shape index (κ1) is 18.9. The van der Waals surface area contributed by atoms with E-state index in [1.807, 2.05) is 0 Å². The van der Waals surface area contributed by atoms with E-state index in [1.165, 1.54) is 32.2 Å². The Morgan fingerprint density at radius 2 is 1.86 bits per heavy atom. The number of nitrogens with zero attached hydrogens (tertiary/aromatic N) is 1. The number of nitrogens with one attached hydrogen (secondary N) is 1. The van der Waals surface area contributed by atoms with Crippen LogP contribution in [0.25, 0.3) is 0 Å². The predicted octanol–water partition coefficient (Wildman–Crippen LogP) is 3.54. The Balaban J connectivity index is 2.68. The lowest BCUT2D eigenvalue weighted by Gasteiger charge is -2.44. The highest BCUT2D eigenvalue weighted by Gasteiger charge is 2.36. The number of methoxy groups -OCH3 is 1. The minimum atomic E-state index is 0.201. The van der Waals surface area contributed by atoms with Gasteiger partial charge in [0.15, 0.2) is 0 Å². The lowest BCUT2D eigenvalue weighted by Crippen LogP contribution is -2.51. The Morgan fingerprint density at radius 3 is 2.33 bits per heavy atom. The Kier molecular flexibility index (Phi) is 7.15. The van der Waals surface area contributed by atoms with E-state index >= 15 is 0 Å². The van der Waals surface area contributed by atoms with Crippen molar-refractivity contribution in [3.8, 4) is 0 Å². The molecule has 0 aromatic rings. The monoisotopic (exact) mass is 298 g/mol. The topological polar surface area (TPSA) is 24.5 Å². The number of rotatable bonds is 7. The van der Waals surface area contributed by atoms with Gasteiger partial charge in [-0.05, 0) is 58.9 Å². The van der Waals surface area contributed by atoms with Gasteiger partial charge in [-0.3, -0.25) is 0 Å². The van der Waals surface area contributed by atoms with E-state index in [-0.39, 0.29) is 5.54 Å². The normalized spacial score (nSPS) is 28.9. The molecule has 3 heteroatoms. The molecule has 0 aromatic carbocycles. The first-order valence-corrected chi connectivity index (χ1v) is 8.62. The Morgan fingerprint density at radius 1 is 1.29 bits per heavy atom. The van der Waals surface area contributed by atoms with Crippen LogP contribution in [0.5, 0.6) is 0 Å². The summed E-state index contributed by atoms with van der Waals surface area (Å²) in [5, 5.41) is 3.77. The van der Waals surface area contributed by atoms with E-state index in [1.54, 1.807) is 7.11 Å². The zero-order valence-corrected chi connectivity index (χ0v) is 15.5. The average Bonchev–Trinajstić information content (AvgIpc) is 2.39. The van der Waals surface area contributed by atoms with Crippen LogP contribution in [0.4, 0.5) is 0 Å². The fourth-order valence-electron chi connectivity index (χ4n) is 3.27. The Hall–Kier alpha value is -0.120. The second-order valence-electron chi connectivity index (χ2n) is 8.51. The van der Waals surface area contributed by atoms with Gasteiger partial charge in [0.25, 0.3) is 0 Å². The molecule has 0 spiro atoms. The maximum atomic E-state index is 5.32. The molecule has 1 unspecified atom stereocenters. The fourth-order valence-corrected chi connectivity index (χ4v) is 3.27. The van der Waals surface area contributed by atoms with Gasteiger partial charge >= 0.3 is 0 Å². The van der Waals surface area contributed by atoms with Gasteiger partial charge in [0.2, 0.25) is 0 Å². The van der Waals surface area contributed by atoms with Gasteiger partial charge in [0.05, 0.1) is 6.61 Å². The van der Waals surface area contributed by atoms with Crippen LogP contribution < -0.4 is 5.32 Å². The van der Waals surface area contributed by atoms with E-state index in [4.69, 9.17) is 4.74 Å². The zero-order chi connectivity index (χ0) is 16.1. The maximum Gasteiger partial charge on any atom is 0.0615 e. The quantitative estimate of drug-likeness (QED) is 0.778. The van der Waals surface area contributed by atoms with Crippen molar-refractivity contribution in [3.05, 3.63) is 0 Å². The molecule has 3 nitrogen and oxygen atoms in total. The minimum Gasteiger partial charge on any atom is -0.383 e. The molecule has 1 rings (SSSR count). The van der Waals surface area contributed by atoms with Crippen molar-refractivity contribution in [1.82, 2.24) is 10.2 Å². The lowest BCUT2D eigenvalue weighted by atomic mass is 9.70. The van der Waals surface area contributed by atoms with Crippen molar-refractivity contribution >= 4 is 0 Å². The van der Waals surface area contributed by atoms with Crippen molar-refractivity contribution in [3.63, 3.8) is 0 Å². The zero-order valence-electron chi connectivity index (χ0n) is 15.5.